The average Bonchev–Trinajstić information content (AvgIpc) is 3.00. The van der Waals surface area contributed by atoms with Crippen LogP contribution in [-0.4, -0.2) is 42.9 Å². The van der Waals surface area contributed by atoms with Crippen LogP contribution in [0.4, 0.5) is 4.79 Å². The summed E-state index contributed by atoms with van der Waals surface area (Å²) in [7, 11) is 0. The molecule has 1 heterocycles. The molecule has 0 unspecified atom stereocenters. The minimum atomic E-state index is -0.201. The van der Waals surface area contributed by atoms with Crippen LogP contribution < -0.4 is 21.5 Å². The van der Waals surface area contributed by atoms with Crippen LogP contribution in [0, 0.1) is 0 Å². The molecule has 0 saturated carbocycles. The fraction of sp³-hybridized carbons (Fsp3) is 0.333. The van der Waals surface area contributed by atoms with E-state index in [0.29, 0.717) is 53.0 Å². The van der Waals surface area contributed by atoms with Gasteiger partial charge in [-0.05, 0) is 41.9 Å². The topological polar surface area (TPSA) is 106 Å². The van der Waals surface area contributed by atoms with Gasteiger partial charge in [0.2, 0.25) is 0 Å². The standard InChI is InChI=1S/C18H23BrClN5O2/c1-4-23-18(26)25-8-12(15(9-25)24-10(3)21)17(22)11-6-16(27-5-2)13(19)7-14(11)20/h6-7H,3-5,8-9,21-22H2,1-2H3,(H,23,26)/b17-12-,24-15-. The number of nitrogens with zero attached hydrogens (tertiary/aromatic N) is 2. The van der Waals surface area contributed by atoms with Gasteiger partial charge < -0.3 is 26.4 Å². The number of aliphatic imine (C=N–C) groups is 1. The number of carbonyl (C=O) groups is 1. The minimum absolute atomic E-state index is 0.143. The first kappa shape index (κ1) is 21.1. The Morgan fingerprint density at radius 1 is 1.41 bits per heavy atom. The van der Waals surface area contributed by atoms with Crippen molar-refractivity contribution in [2.24, 2.45) is 16.5 Å². The number of urea groups is 1. The highest BCUT2D eigenvalue weighted by Gasteiger charge is 2.30. The van der Waals surface area contributed by atoms with Crippen LogP contribution in [0.5, 0.6) is 5.75 Å². The SMILES string of the molecule is C=C(N)/N=C1/CN(C(=O)NCC)C/C1=C(/N)c1cc(OCC)c(Br)cc1Cl. The maximum atomic E-state index is 12.2. The van der Waals surface area contributed by atoms with E-state index in [1.807, 2.05) is 13.8 Å². The molecule has 146 valence electrons. The van der Waals surface area contributed by atoms with Crippen LogP contribution in [0.15, 0.2) is 39.6 Å². The molecular weight excluding hydrogens is 434 g/mol. The zero-order chi connectivity index (χ0) is 20.1. The number of ether oxygens (including phenoxy) is 1. The quantitative estimate of drug-likeness (QED) is 0.633. The van der Waals surface area contributed by atoms with Crippen LogP contribution in [0.25, 0.3) is 5.70 Å². The molecule has 1 fully saturated rings. The van der Waals surface area contributed by atoms with E-state index >= 15 is 0 Å². The Morgan fingerprint density at radius 2 is 2.11 bits per heavy atom. The molecule has 1 aromatic carbocycles. The van der Waals surface area contributed by atoms with E-state index in [0.717, 1.165) is 4.47 Å². The number of likely N-dealkylation sites (tertiary alicyclic amines) is 1. The summed E-state index contributed by atoms with van der Waals surface area (Å²) in [6.07, 6.45) is 0. The highest BCUT2D eigenvalue weighted by atomic mass is 79.9. The van der Waals surface area contributed by atoms with Crippen LogP contribution in [-0.2, 0) is 0 Å². The van der Waals surface area contributed by atoms with Gasteiger partial charge >= 0.3 is 6.03 Å². The lowest BCUT2D eigenvalue weighted by Crippen LogP contribution is -2.38. The van der Waals surface area contributed by atoms with Crippen molar-refractivity contribution in [1.82, 2.24) is 10.2 Å². The zero-order valence-electron chi connectivity index (χ0n) is 15.3. The number of nitrogens with two attached hydrogens (primary N) is 2. The van der Waals surface area contributed by atoms with Crippen molar-refractivity contribution in [3.8, 4) is 5.75 Å². The molecule has 7 nitrogen and oxygen atoms in total. The predicted molar refractivity (Wildman–Crippen MR) is 113 cm³/mol. The van der Waals surface area contributed by atoms with Crippen molar-refractivity contribution in [3.63, 3.8) is 0 Å². The van der Waals surface area contributed by atoms with E-state index in [9.17, 15) is 4.79 Å². The summed E-state index contributed by atoms with van der Waals surface area (Å²) in [6.45, 7) is 8.96. The van der Waals surface area contributed by atoms with E-state index < -0.39 is 0 Å². The van der Waals surface area contributed by atoms with Gasteiger partial charge in [-0.3, -0.25) is 0 Å². The molecule has 0 aromatic heterocycles. The van der Waals surface area contributed by atoms with Gasteiger partial charge in [0, 0.05) is 23.4 Å². The van der Waals surface area contributed by atoms with Crippen LogP contribution >= 0.6 is 27.5 Å². The summed E-state index contributed by atoms with van der Waals surface area (Å²) in [5.74, 6) is 0.769. The molecule has 1 aliphatic rings. The lowest BCUT2D eigenvalue weighted by Gasteiger charge is -2.15. The number of nitrogens with one attached hydrogen (secondary N) is 1. The number of benzene rings is 1. The van der Waals surface area contributed by atoms with Gasteiger partial charge in [-0.1, -0.05) is 18.2 Å². The fourth-order valence-electron chi connectivity index (χ4n) is 2.70. The summed E-state index contributed by atoms with van der Waals surface area (Å²) in [6, 6.07) is 3.29. The van der Waals surface area contributed by atoms with Crippen molar-refractivity contribution in [3.05, 3.63) is 45.2 Å². The van der Waals surface area contributed by atoms with Crippen molar-refractivity contribution >= 4 is 45.0 Å². The summed E-state index contributed by atoms with van der Waals surface area (Å²) in [5.41, 5.74) is 14.4. The zero-order valence-corrected chi connectivity index (χ0v) is 17.7. The van der Waals surface area contributed by atoms with E-state index in [-0.39, 0.29) is 18.4 Å². The Balaban J connectivity index is 2.53. The van der Waals surface area contributed by atoms with Crippen molar-refractivity contribution in [2.45, 2.75) is 13.8 Å². The molecule has 2 amide bonds. The van der Waals surface area contributed by atoms with Crippen LogP contribution in [0.1, 0.15) is 19.4 Å². The van der Waals surface area contributed by atoms with Gasteiger partial charge in [0.25, 0.3) is 0 Å². The summed E-state index contributed by atoms with van der Waals surface area (Å²) < 4.78 is 6.34. The largest absolute Gasteiger partial charge is 0.493 e. The van der Waals surface area contributed by atoms with Gasteiger partial charge in [0.1, 0.15) is 11.6 Å². The average molecular weight is 457 g/mol. The molecule has 0 spiro atoms. The van der Waals surface area contributed by atoms with E-state index in [4.69, 9.17) is 27.8 Å². The third-order valence-corrected chi connectivity index (χ3v) is 4.80. The highest BCUT2D eigenvalue weighted by molar-refractivity contribution is 9.10. The number of rotatable bonds is 5. The van der Waals surface area contributed by atoms with Crippen molar-refractivity contribution in [1.29, 1.82) is 0 Å². The Kier molecular flexibility index (Phi) is 7.15. The van der Waals surface area contributed by atoms with E-state index in [1.54, 1.807) is 17.0 Å². The highest BCUT2D eigenvalue weighted by Crippen LogP contribution is 2.35. The first-order valence-corrected chi connectivity index (χ1v) is 9.61. The third kappa shape index (κ3) is 4.95. The molecule has 0 radical (unpaired) electrons. The van der Waals surface area contributed by atoms with Gasteiger partial charge in [-0.15, -0.1) is 0 Å². The molecule has 1 aliphatic heterocycles. The molecule has 0 atom stereocenters. The molecule has 1 saturated heterocycles. The molecule has 1 aromatic rings. The van der Waals surface area contributed by atoms with Gasteiger partial charge in [0.15, 0.2) is 0 Å². The summed E-state index contributed by atoms with van der Waals surface area (Å²) >= 11 is 9.83. The normalized spacial score (nSPS) is 17.2. The van der Waals surface area contributed by atoms with Crippen molar-refractivity contribution < 1.29 is 9.53 Å². The first-order chi connectivity index (χ1) is 12.8. The second-order valence-electron chi connectivity index (χ2n) is 5.83. The first-order valence-electron chi connectivity index (χ1n) is 8.44. The van der Waals surface area contributed by atoms with Crippen LogP contribution in [0.3, 0.4) is 0 Å². The monoisotopic (exact) mass is 455 g/mol. The number of halogens is 2. The predicted octanol–water partition coefficient (Wildman–Crippen LogP) is 3.09. The Morgan fingerprint density at radius 3 is 2.70 bits per heavy atom. The molecule has 2 rings (SSSR count). The maximum absolute atomic E-state index is 12.2. The summed E-state index contributed by atoms with van der Waals surface area (Å²) in [4.78, 5) is 18.1. The number of amides is 2. The second kappa shape index (κ2) is 9.14. The Hall–Kier alpha value is -2.19. The Labute approximate surface area is 172 Å². The lowest BCUT2D eigenvalue weighted by atomic mass is 10.0. The molecule has 0 bridgehead atoms. The minimum Gasteiger partial charge on any atom is -0.493 e. The van der Waals surface area contributed by atoms with Crippen LogP contribution in [0.2, 0.25) is 5.02 Å². The smallest absolute Gasteiger partial charge is 0.318 e. The number of hydrogen-bond donors (Lipinski definition) is 3. The molecule has 27 heavy (non-hydrogen) atoms. The summed E-state index contributed by atoms with van der Waals surface area (Å²) in [5, 5.41) is 3.22. The Bertz CT molecular complexity index is 822. The number of hydrogen-bond acceptors (Lipinski definition) is 5. The van der Waals surface area contributed by atoms with Crippen molar-refractivity contribution in [2.75, 3.05) is 26.2 Å². The fourth-order valence-corrected chi connectivity index (χ4v) is 3.56. The van der Waals surface area contributed by atoms with Gasteiger partial charge in [-0.2, -0.15) is 0 Å². The van der Waals surface area contributed by atoms with Gasteiger partial charge in [0.05, 0.1) is 34.9 Å². The lowest BCUT2D eigenvalue weighted by molar-refractivity contribution is 0.212. The molecule has 0 aliphatic carbocycles. The third-order valence-electron chi connectivity index (χ3n) is 3.87. The van der Waals surface area contributed by atoms with E-state index in [1.165, 1.54) is 0 Å². The maximum Gasteiger partial charge on any atom is 0.318 e. The van der Waals surface area contributed by atoms with E-state index in [2.05, 4.69) is 32.8 Å². The molecule has 5 N–H and O–H groups in total. The second-order valence-corrected chi connectivity index (χ2v) is 7.09. The number of carbonyl (C=O) groups excluding carboxylic acids is 1. The molecular formula is C18H23BrClN5O2. The van der Waals surface area contributed by atoms with Gasteiger partial charge in [-0.25, -0.2) is 9.79 Å². The molecule has 9 heteroatoms.